The van der Waals surface area contributed by atoms with Crippen molar-refractivity contribution in [3.8, 4) is 17.2 Å². The largest absolute Gasteiger partial charge is 0.507 e. The van der Waals surface area contributed by atoms with Gasteiger partial charge in [0.2, 0.25) is 5.91 Å². The van der Waals surface area contributed by atoms with Crippen molar-refractivity contribution in [1.29, 1.82) is 0 Å². The van der Waals surface area contributed by atoms with Crippen molar-refractivity contribution in [1.82, 2.24) is 9.88 Å². The number of methoxy groups -OCH3 is 1. The van der Waals surface area contributed by atoms with Crippen molar-refractivity contribution in [2.24, 2.45) is 4.99 Å². The first-order valence-corrected chi connectivity index (χ1v) is 16.8. The van der Waals surface area contributed by atoms with Gasteiger partial charge in [-0.15, -0.1) is 11.6 Å². The van der Waals surface area contributed by atoms with Crippen LogP contribution < -0.4 is 14.4 Å². The lowest BCUT2D eigenvalue weighted by molar-refractivity contribution is -0.117. The molecule has 0 aliphatic carbocycles. The van der Waals surface area contributed by atoms with E-state index in [1.165, 1.54) is 5.56 Å². The van der Waals surface area contributed by atoms with Crippen LogP contribution in [-0.4, -0.2) is 58.6 Å². The van der Waals surface area contributed by atoms with Crippen LogP contribution in [-0.2, 0) is 30.8 Å². The van der Waals surface area contributed by atoms with Crippen molar-refractivity contribution in [3.05, 3.63) is 119 Å². The molecule has 246 valence electrons. The lowest BCUT2D eigenvalue weighted by Gasteiger charge is -2.34. The van der Waals surface area contributed by atoms with Crippen molar-refractivity contribution >= 4 is 51.8 Å². The van der Waals surface area contributed by atoms with Gasteiger partial charge < -0.3 is 24.4 Å². The Morgan fingerprint density at radius 2 is 1.76 bits per heavy atom. The van der Waals surface area contributed by atoms with Crippen molar-refractivity contribution in [2.45, 2.75) is 38.0 Å². The van der Waals surface area contributed by atoms with E-state index in [0.29, 0.717) is 53.8 Å². The number of carbonyl (C=O) groups excluding carboxylic acids is 2. The predicted octanol–water partition coefficient (Wildman–Crippen LogP) is 6.72. The highest BCUT2D eigenvalue weighted by molar-refractivity contribution is 6.19. The molecule has 9 nitrogen and oxygen atoms in total. The van der Waals surface area contributed by atoms with Crippen LogP contribution in [0, 0.1) is 0 Å². The average molecular weight is 673 g/mol. The van der Waals surface area contributed by atoms with E-state index in [0.717, 1.165) is 33.0 Å². The van der Waals surface area contributed by atoms with Gasteiger partial charge in [-0.2, -0.15) is 0 Å². The average Bonchev–Trinajstić information content (AvgIpc) is 3.45. The number of hydrogen-bond acceptors (Lipinski definition) is 7. The number of alkyl halides is 1. The number of aliphatic imine (C=N–C) groups is 1. The van der Waals surface area contributed by atoms with E-state index >= 15 is 0 Å². The molecule has 4 heterocycles. The predicted molar refractivity (Wildman–Crippen MR) is 189 cm³/mol. The Hall–Kier alpha value is -5.41. The second-order valence-electron chi connectivity index (χ2n) is 12.7. The van der Waals surface area contributed by atoms with Crippen molar-refractivity contribution in [3.63, 3.8) is 0 Å². The molecule has 0 radical (unpaired) electrons. The third kappa shape index (κ3) is 5.54. The molecular weight excluding hydrogens is 640 g/mol. The molecule has 1 aromatic heterocycles. The van der Waals surface area contributed by atoms with Gasteiger partial charge in [-0.1, -0.05) is 48.5 Å². The Kier molecular flexibility index (Phi) is 7.92. The maximum absolute atomic E-state index is 13.7. The molecule has 2 atom stereocenters. The van der Waals surface area contributed by atoms with Crippen LogP contribution in [0.2, 0.25) is 0 Å². The summed E-state index contributed by atoms with van der Waals surface area (Å²) >= 11 is 6.37. The molecule has 0 saturated heterocycles. The number of pyridine rings is 1. The maximum atomic E-state index is 13.7. The number of halogens is 1. The molecule has 4 aromatic carbocycles. The molecule has 3 aliphatic heterocycles. The standard InChI is InChI=1S/C39H33ClN4O5/c1-48-35-13-31-32(42-19-28-12-25-6-2-3-7-26(25)20-43(28)39(31)47)14-36(35)49-22-24-10-23(17-41-18-24)11-37(46)44-21-27(16-40)38-30-9-5-4-8-29(30)34(45)15-33(38)44/h2-10,13-15,17-19,27-28,45H,11-12,16,20-22H2,1H3/t27-,28+/m1/s1. The second kappa shape index (κ2) is 12.6. The highest BCUT2D eigenvalue weighted by atomic mass is 35.5. The molecule has 1 N–H and O–H groups in total. The number of carbonyl (C=O) groups is 2. The number of aromatic hydroxyl groups is 1. The van der Waals surface area contributed by atoms with Crippen LogP contribution in [0.1, 0.15) is 44.1 Å². The van der Waals surface area contributed by atoms with Crippen LogP contribution in [0.3, 0.4) is 0 Å². The number of phenols is 1. The minimum absolute atomic E-state index is 0.0444. The summed E-state index contributed by atoms with van der Waals surface area (Å²) in [6.07, 6.45) is 6.04. The summed E-state index contributed by atoms with van der Waals surface area (Å²) in [4.78, 5) is 40.1. The number of hydrogen-bond donors (Lipinski definition) is 1. The van der Waals surface area contributed by atoms with Crippen LogP contribution in [0.4, 0.5) is 11.4 Å². The van der Waals surface area contributed by atoms with E-state index < -0.39 is 0 Å². The van der Waals surface area contributed by atoms with Gasteiger partial charge in [-0.05, 0) is 46.2 Å². The molecule has 0 saturated carbocycles. The van der Waals surface area contributed by atoms with Gasteiger partial charge in [-0.25, -0.2) is 0 Å². The van der Waals surface area contributed by atoms with Crippen LogP contribution >= 0.6 is 11.6 Å². The Labute approximate surface area is 288 Å². The number of phenolic OH excluding ortho intramolecular Hbond substituents is 1. The third-order valence-corrected chi connectivity index (χ3v) is 10.1. The zero-order chi connectivity index (χ0) is 33.6. The molecule has 49 heavy (non-hydrogen) atoms. The number of benzene rings is 4. The molecular formula is C39H33ClN4O5. The van der Waals surface area contributed by atoms with Gasteiger partial charge in [0.15, 0.2) is 11.5 Å². The third-order valence-electron chi connectivity index (χ3n) is 9.68. The summed E-state index contributed by atoms with van der Waals surface area (Å²) < 4.78 is 11.9. The Morgan fingerprint density at radius 3 is 2.57 bits per heavy atom. The van der Waals surface area contributed by atoms with Gasteiger partial charge >= 0.3 is 0 Å². The topological polar surface area (TPSA) is 105 Å². The molecule has 0 bridgehead atoms. The Balaban J connectivity index is 0.997. The SMILES string of the molecule is COc1cc2c(cc1OCc1cncc(CC(=O)N3C[C@@H](CCl)c4c3cc(O)c3ccccc43)c1)N=C[C@@H]1Cc3ccccc3CN1C2=O. The lowest BCUT2D eigenvalue weighted by atomic mass is 9.94. The van der Waals surface area contributed by atoms with E-state index in [9.17, 15) is 14.7 Å². The molecule has 8 rings (SSSR count). The number of rotatable bonds is 7. The van der Waals surface area contributed by atoms with Gasteiger partial charge in [-0.3, -0.25) is 19.6 Å². The van der Waals surface area contributed by atoms with Crippen molar-refractivity contribution in [2.75, 3.05) is 24.4 Å². The first kappa shape index (κ1) is 30.9. The summed E-state index contributed by atoms with van der Waals surface area (Å²) in [6, 6.07) is 22.7. The zero-order valence-electron chi connectivity index (χ0n) is 26.8. The van der Waals surface area contributed by atoms with Gasteiger partial charge in [0, 0.05) is 66.6 Å². The van der Waals surface area contributed by atoms with Gasteiger partial charge in [0.25, 0.3) is 5.91 Å². The number of anilines is 1. The summed E-state index contributed by atoms with van der Waals surface area (Å²) in [6.45, 7) is 1.12. The maximum Gasteiger partial charge on any atom is 0.257 e. The fourth-order valence-electron chi connectivity index (χ4n) is 7.26. The number of fused-ring (bicyclic) bond motifs is 6. The van der Waals surface area contributed by atoms with E-state index in [2.05, 4.69) is 17.1 Å². The number of aromatic nitrogens is 1. The monoisotopic (exact) mass is 672 g/mol. The number of nitrogens with zero attached hydrogens (tertiary/aromatic N) is 4. The van der Waals surface area contributed by atoms with Gasteiger partial charge in [0.1, 0.15) is 12.4 Å². The van der Waals surface area contributed by atoms with Gasteiger partial charge in [0.05, 0.1) is 36.5 Å². The van der Waals surface area contributed by atoms with Crippen LogP contribution in [0.25, 0.3) is 10.8 Å². The molecule has 10 heteroatoms. The highest BCUT2D eigenvalue weighted by Crippen LogP contribution is 2.45. The van der Waals surface area contributed by atoms with E-state index in [1.54, 1.807) is 42.6 Å². The van der Waals surface area contributed by atoms with Crippen LogP contribution in [0.5, 0.6) is 17.2 Å². The first-order valence-electron chi connectivity index (χ1n) is 16.2. The fourth-order valence-corrected chi connectivity index (χ4v) is 7.51. The van der Waals surface area contributed by atoms with Crippen LogP contribution in [0.15, 0.2) is 90.2 Å². The minimum atomic E-state index is -0.137. The second-order valence-corrected chi connectivity index (χ2v) is 13.0. The highest BCUT2D eigenvalue weighted by Gasteiger charge is 2.35. The molecule has 5 aromatic rings. The molecule has 3 aliphatic rings. The first-order chi connectivity index (χ1) is 23.9. The fraction of sp³-hybridized carbons (Fsp3) is 0.231. The summed E-state index contributed by atoms with van der Waals surface area (Å²) in [7, 11) is 1.54. The normalized spacial score (nSPS) is 17.6. The van der Waals surface area contributed by atoms with E-state index in [1.807, 2.05) is 53.6 Å². The minimum Gasteiger partial charge on any atom is -0.507 e. The van der Waals surface area contributed by atoms with E-state index in [-0.39, 0.29) is 42.6 Å². The lowest BCUT2D eigenvalue weighted by Crippen LogP contribution is -2.44. The van der Waals surface area contributed by atoms with Crippen molar-refractivity contribution < 1.29 is 24.2 Å². The number of ether oxygens (including phenoxy) is 2. The molecule has 0 fully saturated rings. The smallest absolute Gasteiger partial charge is 0.257 e. The summed E-state index contributed by atoms with van der Waals surface area (Å²) in [5, 5.41) is 12.4. The molecule has 0 spiro atoms. The Morgan fingerprint density at radius 1 is 0.980 bits per heavy atom. The zero-order valence-corrected chi connectivity index (χ0v) is 27.6. The molecule has 0 unspecified atom stereocenters. The van der Waals surface area contributed by atoms with E-state index in [4.69, 9.17) is 26.1 Å². The Bertz CT molecular complexity index is 2170. The summed E-state index contributed by atoms with van der Waals surface area (Å²) in [5.41, 5.74) is 6.53. The number of amides is 2. The summed E-state index contributed by atoms with van der Waals surface area (Å²) in [5.74, 6) is 1.11. The molecule has 2 amide bonds. The quantitative estimate of drug-likeness (QED) is 0.193.